The normalized spacial score (nSPS) is 19.1. The average molecular weight is 281 g/mol. The van der Waals surface area contributed by atoms with Gasteiger partial charge >= 0.3 is 0 Å². The van der Waals surface area contributed by atoms with Crippen molar-refractivity contribution in [2.75, 3.05) is 6.54 Å². The lowest BCUT2D eigenvalue weighted by Gasteiger charge is -2.39. The van der Waals surface area contributed by atoms with E-state index in [1.165, 1.54) is 0 Å². The fourth-order valence-electron chi connectivity index (χ4n) is 3.16. The number of aliphatic hydroxyl groups is 1. The Morgan fingerprint density at radius 2 is 1.48 bits per heavy atom. The molecule has 0 saturated carbocycles. The van der Waals surface area contributed by atoms with E-state index in [4.69, 9.17) is 0 Å². The third-order valence-corrected chi connectivity index (χ3v) is 4.27. The number of nitrogens with one attached hydrogen (secondary N) is 1. The van der Waals surface area contributed by atoms with Gasteiger partial charge in [-0.05, 0) is 17.5 Å². The number of benzene rings is 2. The molecule has 2 aromatic rings. The molecule has 2 aromatic carbocycles. The molecule has 0 aliphatic carbocycles. The predicted octanol–water partition coefficient (Wildman–Crippen LogP) is 2.45. The number of amides is 1. The molecular weight excluding hydrogens is 262 g/mol. The molecule has 1 aliphatic heterocycles. The molecule has 1 heterocycles. The highest BCUT2D eigenvalue weighted by Crippen LogP contribution is 2.40. The molecule has 1 amide bonds. The van der Waals surface area contributed by atoms with Crippen molar-refractivity contribution in [1.82, 2.24) is 5.32 Å². The van der Waals surface area contributed by atoms with Gasteiger partial charge in [0.15, 0.2) is 0 Å². The lowest BCUT2D eigenvalue weighted by Crippen LogP contribution is -2.45. The van der Waals surface area contributed by atoms with E-state index < -0.39 is 5.60 Å². The SMILES string of the molecule is O=C1CC(C(O)(c2ccccc2)c2ccccc2)CCN1. The van der Waals surface area contributed by atoms with Gasteiger partial charge in [0, 0.05) is 18.9 Å². The summed E-state index contributed by atoms with van der Waals surface area (Å²) in [4.78, 5) is 11.8. The zero-order valence-corrected chi connectivity index (χ0v) is 11.8. The van der Waals surface area contributed by atoms with Gasteiger partial charge in [-0.2, -0.15) is 0 Å². The first-order valence-electron chi connectivity index (χ1n) is 7.31. The lowest BCUT2D eigenvalue weighted by molar-refractivity contribution is -0.126. The summed E-state index contributed by atoms with van der Waals surface area (Å²) in [6.45, 7) is 0.617. The van der Waals surface area contributed by atoms with Gasteiger partial charge in [-0.1, -0.05) is 60.7 Å². The van der Waals surface area contributed by atoms with Crippen LogP contribution in [0, 0.1) is 5.92 Å². The Morgan fingerprint density at radius 3 is 1.95 bits per heavy atom. The van der Waals surface area contributed by atoms with Crippen molar-refractivity contribution in [1.29, 1.82) is 0 Å². The summed E-state index contributed by atoms with van der Waals surface area (Å²) in [6.07, 6.45) is 1.12. The quantitative estimate of drug-likeness (QED) is 0.908. The van der Waals surface area contributed by atoms with Crippen molar-refractivity contribution in [2.45, 2.75) is 18.4 Å². The summed E-state index contributed by atoms with van der Waals surface area (Å²) in [5, 5.41) is 14.4. The molecule has 3 nitrogen and oxygen atoms in total. The summed E-state index contributed by atoms with van der Waals surface area (Å²) in [5.74, 6) is -0.104. The first-order chi connectivity index (χ1) is 10.2. The molecule has 1 fully saturated rings. The summed E-state index contributed by atoms with van der Waals surface area (Å²) in [5.41, 5.74) is 0.562. The van der Waals surface area contributed by atoms with Gasteiger partial charge in [-0.15, -0.1) is 0 Å². The van der Waals surface area contributed by atoms with Crippen LogP contribution >= 0.6 is 0 Å². The summed E-state index contributed by atoms with van der Waals surface area (Å²) in [7, 11) is 0. The highest BCUT2D eigenvalue weighted by molar-refractivity contribution is 5.77. The van der Waals surface area contributed by atoms with Crippen LogP contribution in [-0.2, 0) is 10.4 Å². The molecular formula is C18H19NO2. The Hall–Kier alpha value is -2.13. The Bertz CT molecular complexity index is 570. The highest BCUT2D eigenvalue weighted by Gasteiger charge is 2.42. The van der Waals surface area contributed by atoms with E-state index in [2.05, 4.69) is 5.32 Å². The van der Waals surface area contributed by atoms with Gasteiger partial charge in [0.1, 0.15) is 5.60 Å². The van der Waals surface area contributed by atoms with Crippen molar-refractivity contribution in [2.24, 2.45) is 5.92 Å². The molecule has 0 aromatic heterocycles. The topological polar surface area (TPSA) is 49.3 Å². The van der Waals surface area contributed by atoms with Crippen LogP contribution in [0.2, 0.25) is 0 Å². The van der Waals surface area contributed by atoms with Crippen LogP contribution in [0.1, 0.15) is 24.0 Å². The number of piperidine rings is 1. The highest BCUT2D eigenvalue weighted by atomic mass is 16.3. The molecule has 108 valence electrons. The molecule has 3 rings (SSSR count). The fourth-order valence-corrected chi connectivity index (χ4v) is 3.16. The number of rotatable bonds is 3. The van der Waals surface area contributed by atoms with E-state index in [0.717, 1.165) is 17.5 Å². The van der Waals surface area contributed by atoms with Gasteiger partial charge in [0.2, 0.25) is 5.91 Å². The maximum absolute atomic E-state index is 11.8. The molecule has 1 unspecified atom stereocenters. The van der Waals surface area contributed by atoms with Crippen LogP contribution in [0.3, 0.4) is 0 Å². The Labute approximate surface area is 124 Å². The predicted molar refractivity (Wildman–Crippen MR) is 81.6 cm³/mol. The molecule has 1 saturated heterocycles. The molecule has 21 heavy (non-hydrogen) atoms. The minimum Gasteiger partial charge on any atom is -0.380 e. The number of hydrogen-bond donors (Lipinski definition) is 2. The maximum Gasteiger partial charge on any atom is 0.220 e. The van der Waals surface area contributed by atoms with Gasteiger partial charge in [0.25, 0.3) is 0 Å². The summed E-state index contributed by atoms with van der Waals surface area (Å²) >= 11 is 0. The van der Waals surface area contributed by atoms with Crippen molar-refractivity contribution < 1.29 is 9.90 Å². The third kappa shape index (κ3) is 2.57. The molecule has 0 spiro atoms. The van der Waals surface area contributed by atoms with E-state index in [9.17, 15) is 9.90 Å². The first-order valence-corrected chi connectivity index (χ1v) is 7.31. The van der Waals surface area contributed by atoms with Gasteiger partial charge < -0.3 is 10.4 Å². The molecule has 3 heteroatoms. The van der Waals surface area contributed by atoms with Crippen LogP contribution in [0.5, 0.6) is 0 Å². The van der Waals surface area contributed by atoms with Crippen LogP contribution in [-0.4, -0.2) is 17.6 Å². The van der Waals surface area contributed by atoms with E-state index in [0.29, 0.717) is 13.0 Å². The van der Waals surface area contributed by atoms with Crippen molar-refractivity contribution >= 4 is 5.91 Å². The van der Waals surface area contributed by atoms with Gasteiger partial charge in [-0.3, -0.25) is 4.79 Å². The fraction of sp³-hybridized carbons (Fsp3) is 0.278. The molecule has 2 N–H and O–H groups in total. The van der Waals surface area contributed by atoms with Crippen LogP contribution in [0.25, 0.3) is 0 Å². The monoisotopic (exact) mass is 281 g/mol. The Balaban J connectivity index is 2.09. The lowest BCUT2D eigenvalue weighted by atomic mass is 9.72. The van der Waals surface area contributed by atoms with Crippen LogP contribution < -0.4 is 5.32 Å². The van der Waals surface area contributed by atoms with Crippen LogP contribution in [0.15, 0.2) is 60.7 Å². The van der Waals surface area contributed by atoms with Crippen LogP contribution in [0.4, 0.5) is 0 Å². The average Bonchev–Trinajstić information content (AvgIpc) is 2.56. The second-order valence-corrected chi connectivity index (χ2v) is 5.54. The second kappa shape index (κ2) is 5.70. The molecule has 0 radical (unpaired) electrons. The molecule has 0 bridgehead atoms. The first kappa shape index (κ1) is 13.8. The van der Waals surface area contributed by atoms with Crippen molar-refractivity contribution in [3.63, 3.8) is 0 Å². The van der Waals surface area contributed by atoms with Crippen molar-refractivity contribution in [3.05, 3.63) is 71.8 Å². The zero-order chi connectivity index (χ0) is 14.7. The van der Waals surface area contributed by atoms with Gasteiger partial charge in [0.05, 0.1) is 0 Å². The van der Waals surface area contributed by atoms with Crippen molar-refractivity contribution in [3.8, 4) is 0 Å². The van der Waals surface area contributed by atoms with E-state index in [1.54, 1.807) is 0 Å². The van der Waals surface area contributed by atoms with E-state index in [1.807, 2.05) is 60.7 Å². The summed E-state index contributed by atoms with van der Waals surface area (Å²) in [6, 6.07) is 19.3. The molecule has 1 atom stereocenters. The number of hydrogen-bond acceptors (Lipinski definition) is 2. The third-order valence-electron chi connectivity index (χ3n) is 4.27. The van der Waals surface area contributed by atoms with E-state index >= 15 is 0 Å². The minimum absolute atomic E-state index is 0.0107. The zero-order valence-electron chi connectivity index (χ0n) is 11.8. The summed E-state index contributed by atoms with van der Waals surface area (Å²) < 4.78 is 0. The number of carbonyl (C=O) groups is 1. The Morgan fingerprint density at radius 1 is 0.952 bits per heavy atom. The van der Waals surface area contributed by atoms with E-state index in [-0.39, 0.29) is 11.8 Å². The maximum atomic E-state index is 11.8. The number of carbonyl (C=O) groups excluding carboxylic acids is 1. The second-order valence-electron chi connectivity index (χ2n) is 5.54. The minimum atomic E-state index is -1.12. The largest absolute Gasteiger partial charge is 0.380 e. The van der Waals surface area contributed by atoms with Gasteiger partial charge in [-0.25, -0.2) is 0 Å². The molecule has 1 aliphatic rings. The standard InChI is InChI=1S/C18H19NO2/c20-17-13-16(11-12-19-17)18(21,14-7-3-1-4-8-14)15-9-5-2-6-10-15/h1-10,16,21H,11-13H2,(H,19,20). The smallest absolute Gasteiger partial charge is 0.220 e. The Kier molecular flexibility index (Phi) is 3.76.